The van der Waals surface area contributed by atoms with Crippen LogP contribution in [0, 0.1) is 17.8 Å². The van der Waals surface area contributed by atoms with E-state index in [0.29, 0.717) is 37.0 Å². The number of thioether (sulfide) groups is 1. The average molecular weight is 438 g/mol. The number of carbonyl (C=O) groups is 3. The molecule has 28 heavy (non-hydrogen) atoms. The van der Waals surface area contributed by atoms with Crippen LogP contribution in [-0.4, -0.2) is 53.5 Å². The fourth-order valence-electron chi connectivity index (χ4n) is 3.40. The quantitative estimate of drug-likeness (QED) is 0.392. The molecule has 0 heterocycles. The number of carbonyl (C=O) groups excluding carboxylic acids is 2. The summed E-state index contributed by atoms with van der Waals surface area (Å²) in [5.41, 5.74) is 5.89. The standard InChI is InChI=1S/C19H35N3O4S.ClH/c1-12(2)10-15(20)18(24)21-11-13-4-6-14(7-5-13)17(23)22-16(19(25)26)8-9-27-3;/h12-16H,4-11,20H2,1-3H3,(H,21,24)(H,22,23)(H,25,26);1H/t13?,14?,15-,16-;/m1./s1. The number of nitrogens with two attached hydrogens (primary N) is 1. The van der Waals surface area contributed by atoms with Gasteiger partial charge in [-0.05, 0) is 62.4 Å². The van der Waals surface area contributed by atoms with Gasteiger partial charge in [-0.2, -0.15) is 11.8 Å². The van der Waals surface area contributed by atoms with Crippen LogP contribution < -0.4 is 16.4 Å². The predicted molar refractivity (Wildman–Crippen MR) is 116 cm³/mol. The Kier molecular flexibility index (Phi) is 13.6. The first-order valence-electron chi connectivity index (χ1n) is 9.80. The van der Waals surface area contributed by atoms with E-state index in [4.69, 9.17) is 5.73 Å². The number of hydrogen-bond donors (Lipinski definition) is 4. The van der Waals surface area contributed by atoms with Gasteiger partial charge in [-0.1, -0.05) is 13.8 Å². The van der Waals surface area contributed by atoms with E-state index >= 15 is 0 Å². The third kappa shape index (κ3) is 9.98. The van der Waals surface area contributed by atoms with Crippen molar-refractivity contribution in [3.05, 3.63) is 0 Å². The van der Waals surface area contributed by atoms with Gasteiger partial charge in [-0.25, -0.2) is 4.79 Å². The summed E-state index contributed by atoms with van der Waals surface area (Å²) in [6.45, 7) is 4.66. The van der Waals surface area contributed by atoms with Crippen molar-refractivity contribution in [2.75, 3.05) is 18.6 Å². The number of halogens is 1. The number of rotatable bonds is 11. The second-order valence-corrected chi connectivity index (χ2v) is 8.87. The number of amides is 2. The highest BCUT2D eigenvalue weighted by atomic mass is 35.5. The summed E-state index contributed by atoms with van der Waals surface area (Å²) in [6, 6.07) is -1.29. The molecule has 1 fully saturated rings. The van der Waals surface area contributed by atoms with E-state index in [0.717, 1.165) is 25.7 Å². The van der Waals surface area contributed by atoms with Gasteiger partial charge in [0, 0.05) is 12.5 Å². The number of nitrogens with one attached hydrogen (secondary N) is 2. The first-order chi connectivity index (χ1) is 12.7. The Morgan fingerprint density at radius 1 is 1.18 bits per heavy atom. The third-order valence-electron chi connectivity index (χ3n) is 5.07. The van der Waals surface area contributed by atoms with E-state index in [1.54, 1.807) is 11.8 Å². The molecule has 0 aliphatic heterocycles. The van der Waals surface area contributed by atoms with E-state index in [9.17, 15) is 19.5 Å². The van der Waals surface area contributed by atoms with Crippen LogP contribution >= 0.6 is 24.2 Å². The number of carboxylic acids is 1. The lowest BCUT2D eigenvalue weighted by atomic mass is 9.81. The minimum absolute atomic E-state index is 0. The summed E-state index contributed by atoms with van der Waals surface area (Å²) in [5.74, 6) is 0.0264. The molecule has 2 amide bonds. The van der Waals surface area contributed by atoms with Gasteiger partial charge in [-0.3, -0.25) is 9.59 Å². The molecule has 7 nitrogen and oxygen atoms in total. The molecule has 1 aliphatic carbocycles. The molecule has 1 aliphatic rings. The molecule has 0 unspecified atom stereocenters. The van der Waals surface area contributed by atoms with Gasteiger partial charge >= 0.3 is 5.97 Å². The molecular formula is C19H36ClN3O4S. The first kappa shape index (κ1) is 27.0. The summed E-state index contributed by atoms with van der Waals surface area (Å²) in [6.07, 6.45) is 6.15. The fourth-order valence-corrected chi connectivity index (χ4v) is 3.87. The molecule has 0 aromatic rings. The van der Waals surface area contributed by atoms with Gasteiger partial charge in [0.2, 0.25) is 11.8 Å². The van der Waals surface area contributed by atoms with Crippen LogP contribution in [0.15, 0.2) is 0 Å². The molecular weight excluding hydrogens is 402 g/mol. The molecule has 0 radical (unpaired) electrons. The normalized spacial score (nSPS) is 21.3. The van der Waals surface area contributed by atoms with Crippen LogP contribution in [0.2, 0.25) is 0 Å². The van der Waals surface area contributed by atoms with Crippen molar-refractivity contribution in [3.63, 3.8) is 0 Å². The maximum atomic E-state index is 12.4. The van der Waals surface area contributed by atoms with Crippen molar-refractivity contribution in [1.29, 1.82) is 0 Å². The van der Waals surface area contributed by atoms with Crippen LogP contribution in [0.5, 0.6) is 0 Å². The molecule has 0 bridgehead atoms. The largest absolute Gasteiger partial charge is 0.480 e. The smallest absolute Gasteiger partial charge is 0.326 e. The Hall–Kier alpha value is -0.990. The first-order valence-corrected chi connectivity index (χ1v) is 11.2. The Bertz CT molecular complexity index is 500. The summed E-state index contributed by atoms with van der Waals surface area (Å²) in [5, 5.41) is 14.8. The molecule has 1 rings (SSSR count). The van der Waals surface area contributed by atoms with Gasteiger partial charge in [-0.15, -0.1) is 12.4 Å². The molecule has 164 valence electrons. The topological polar surface area (TPSA) is 122 Å². The zero-order valence-corrected chi connectivity index (χ0v) is 18.7. The van der Waals surface area contributed by atoms with E-state index < -0.39 is 18.1 Å². The second kappa shape index (κ2) is 14.1. The molecule has 0 aromatic heterocycles. The number of carboxylic acid groups (broad SMARTS) is 1. The molecule has 9 heteroatoms. The second-order valence-electron chi connectivity index (χ2n) is 7.88. The number of aliphatic carboxylic acids is 1. The van der Waals surface area contributed by atoms with E-state index in [1.165, 1.54) is 0 Å². The van der Waals surface area contributed by atoms with Crippen LogP contribution in [-0.2, 0) is 14.4 Å². The molecule has 0 spiro atoms. The van der Waals surface area contributed by atoms with Crippen molar-refractivity contribution in [2.24, 2.45) is 23.5 Å². The van der Waals surface area contributed by atoms with Crippen molar-refractivity contribution in [2.45, 2.75) is 64.5 Å². The summed E-state index contributed by atoms with van der Waals surface area (Å²) < 4.78 is 0. The Balaban J connectivity index is 0.00000729. The van der Waals surface area contributed by atoms with Crippen LogP contribution in [0.1, 0.15) is 52.4 Å². The zero-order chi connectivity index (χ0) is 20.4. The highest BCUT2D eigenvalue weighted by molar-refractivity contribution is 7.98. The van der Waals surface area contributed by atoms with Crippen LogP contribution in [0.3, 0.4) is 0 Å². The fraction of sp³-hybridized carbons (Fsp3) is 0.842. The van der Waals surface area contributed by atoms with E-state index in [-0.39, 0.29) is 30.1 Å². The van der Waals surface area contributed by atoms with Gasteiger partial charge in [0.05, 0.1) is 6.04 Å². The molecule has 0 aromatic carbocycles. The lowest BCUT2D eigenvalue weighted by Crippen LogP contribution is -2.45. The molecule has 5 N–H and O–H groups in total. The minimum atomic E-state index is -0.980. The predicted octanol–water partition coefficient (Wildman–Crippen LogP) is 2.03. The van der Waals surface area contributed by atoms with Crippen LogP contribution in [0.4, 0.5) is 0 Å². The minimum Gasteiger partial charge on any atom is -0.480 e. The maximum absolute atomic E-state index is 12.4. The van der Waals surface area contributed by atoms with E-state index in [2.05, 4.69) is 10.6 Å². The molecule has 1 saturated carbocycles. The summed E-state index contributed by atoms with van der Waals surface area (Å²) >= 11 is 1.57. The molecule has 0 saturated heterocycles. The van der Waals surface area contributed by atoms with Gasteiger partial charge < -0.3 is 21.5 Å². The van der Waals surface area contributed by atoms with Gasteiger partial charge in [0.25, 0.3) is 0 Å². The summed E-state index contributed by atoms with van der Waals surface area (Å²) in [4.78, 5) is 35.7. The van der Waals surface area contributed by atoms with Crippen molar-refractivity contribution in [3.8, 4) is 0 Å². The average Bonchev–Trinajstić information content (AvgIpc) is 2.62. The summed E-state index contributed by atoms with van der Waals surface area (Å²) in [7, 11) is 0. The monoisotopic (exact) mass is 437 g/mol. The Morgan fingerprint density at radius 2 is 1.79 bits per heavy atom. The van der Waals surface area contributed by atoms with Crippen molar-refractivity contribution in [1.82, 2.24) is 10.6 Å². The Morgan fingerprint density at radius 3 is 2.29 bits per heavy atom. The zero-order valence-electron chi connectivity index (χ0n) is 17.1. The lowest BCUT2D eigenvalue weighted by Gasteiger charge is -2.29. The van der Waals surface area contributed by atoms with Gasteiger partial charge in [0.15, 0.2) is 0 Å². The molecule has 2 atom stereocenters. The lowest BCUT2D eigenvalue weighted by molar-refractivity contribution is -0.142. The van der Waals surface area contributed by atoms with E-state index in [1.807, 2.05) is 20.1 Å². The number of hydrogen-bond acceptors (Lipinski definition) is 5. The Labute approximate surface area is 178 Å². The van der Waals surface area contributed by atoms with Crippen molar-refractivity contribution < 1.29 is 19.5 Å². The highest BCUT2D eigenvalue weighted by Gasteiger charge is 2.29. The third-order valence-corrected chi connectivity index (χ3v) is 5.71. The van der Waals surface area contributed by atoms with Crippen LogP contribution in [0.25, 0.3) is 0 Å². The maximum Gasteiger partial charge on any atom is 0.326 e. The van der Waals surface area contributed by atoms with Crippen molar-refractivity contribution >= 4 is 42.0 Å². The highest BCUT2D eigenvalue weighted by Crippen LogP contribution is 2.28. The SMILES string of the molecule is CSCC[C@@H](NC(=O)C1CCC(CNC(=O)[C@H](N)CC(C)C)CC1)C(=O)O.Cl. The van der Waals surface area contributed by atoms with Gasteiger partial charge in [0.1, 0.15) is 6.04 Å².